The Kier molecular flexibility index (Phi) is 8.31. The van der Waals surface area contributed by atoms with E-state index in [0.29, 0.717) is 17.9 Å². The summed E-state index contributed by atoms with van der Waals surface area (Å²) >= 11 is 0. The third-order valence-electron chi connectivity index (χ3n) is 6.49. The molecule has 5 rings (SSSR count). The van der Waals surface area contributed by atoms with Crippen LogP contribution in [0.4, 0.5) is 0 Å². The van der Waals surface area contributed by atoms with Crippen molar-refractivity contribution in [3.63, 3.8) is 0 Å². The highest BCUT2D eigenvalue weighted by atomic mass is 16.7. The van der Waals surface area contributed by atoms with E-state index in [1.165, 1.54) is 0 Å². The van der Waals surface area contributed by atoms with Gasteiger partial charge in [0, 0.05) is 41.8 Å². The van der Waals surface area contributed by atoms with Gasteiger partial charge in [-0.05, 0) is 68.1 Å². The molecule has 0 radical (unpaired) electrons. The molecule has 3 heterocycles. The SMILES string of the molecule is C[C@H](OC1CCCCO1)c1nccn1Cc1cc(-c2ccc(C#Cc3ccc(C(O)CO)cc3)cc2)on1. The zero-order valence-electron chi connectivity index (χ0n) is 21.3. The number of aliphatic hydroxyl groups excluding tert-OH is 2. The van der Waals surface area contributed by atoms with Crippen LogP contribution in [0.25, 0.3) is 11.3 Å². The maximum absolute atomic E-state index is 9.69. The molecule has 0 aliphatic carbocycles. The van der Waals surface area contributed by atoms with Gasteiger partial charge in [0.15, 0.2) is 12.1 Å². The average Bonchev–Trinajstić information content (AvgIpc) is 3.63. The van der Waals surface area contributed by atoms with Gasteiger partial charge in [0.25, 0.3) is 0 Å². The number of rotatable bonds is 8. The monoisotopic (exact) mass is 513 g/mol. The number of aliphatic hydroxyl groups is 2. The first-order valence-electron chi connectivity index (χ1n) is 12.8. The summed E-state index contributed by atoms with van der Waals surface area (Å²) in [6.07, 6.45) is 5.55. The van der Waals surface area contributed by atoms with Crippen LogP contribution in [-0.4, -0.2) is 44.4 Å². The predicted molar refractivity (Wildman–Crippen MR) is 141 cm³/mol. The summed E-state index contributed by atoms with van der Waals surface area (Å²) in [5, 5.41) is 23.0. The molecule has 8 nitrogen and oxygen atoms in total. The van der Waals surface area contributed by atoms with Gasteiger partial charge in [-0.25, -0.2) is 4.98 Å². The lowest BCUT2D eigenvalue weighted by atomic mass is 10.1. The highest BCUT2D eigenvalue weighted by molar-refractivity contribution is 5.59. The minimum atomic E-state index is -0.873. The Morgan fingerprint density at radius 1 is 1.08 bits per heavy atom. The van der Waals surface area contributed by atoms with E-state index in [2.05, 4.69) is 22.0 Å². The van der Waals surface area contributed by atoms with Crippen LogP contribution in [-0.2, 0) is 16.0 Å². The molecule has 2 aromatic heterocycles. The lowest BCUT2D eigenvalue weighted by Crippen LogP contribution is -2.24. The van der Waals surface area contributed by atoms with E-state index < -0.39 is 6.10 Å². The quantitative estimate of drug-likeness (QED) is 0.332. The van der Waals surface area contributed by atoms with Gasteiger partial charge in [0.2, 0.25) is 0 Å². The molecule has 1 aliphatic heterocycles. The highest BCUT2D eigenvalue weighted by Gasteiger charge is 2.21. The molecule has 2 unspecified atom stereocenters. The van der Waals surface area contributed by atoms with Gasteiger partial charge in [-0.3, -0.25) is 0 Å². The number of ether oxygens (including phenoxy) is 2. The zero-order chi connectivity index (χ0) is 26.3. The molecule has 196 valence electrons. The summed E-state index contributed by atoms with van der Waals surface area (Å²) in [6.45, 7) is 2.95. The molecule has 0 spiro atoms. The largest absolute Gasteiger partial charge is 0.393 e. The second-order valence-corrected chi connectivity index (χ2v) is 9.32. The van der Waals surface area contributed by atoms with Gasteiger partial charge < -0.3 is 28.8 Å². The topological polar surface area (TPSA) is 103 Å². The van der Waals surface area contributed by atoms with Crippen LogP contribution in [0.5, 0.6) is 0 Å². The molecule has 2 N–H and O–H groups in total. The van der Waals surface area contributed by atoms with E-state index in [1.54, 1.807) is 18.3 Å². The molecule has 1 saturated heterocycles. The highest BCUT2D eigenvalue weighted by Crippen LogP contribution is 2.25. The lowest BCUT2D eigenvalue weighted by molar-refractivity contribution is -0.188. The van der Waals surface area contributed by atoms with Gasteiger partial charge in [-0.1, -0.05) is 29.1 Å². The molecule has 4 aromatic rings. The van der Waals surface area contributed by atoms with Crippen LogP contribution in [0.1, 0.15) is 66.6 Å². The Labute approximate surface area is 221 Å². The maximum Gasteiger partial charge on any atom is 0.167 e. The summed E-state index contributed by atoms with van der Waals surface area (Å²) in [5.74, 6) is 7.77. The fraction of sp³-hybridized carbons (Fsp3) is 0.333. The number of aromatic nitrogens is 3. The van der Waals surface area contributed by atoms with Crippen molar-refractivity contribution in [2.24, 2.45) is 0 Å². The van der Waals surface area contributed by atoms with E-state index in [-0.39, 0.29) is 19.0 Å². The Morgan fingerprint density at radius 3 is 2.50 bits per heavy atom. The van der Waals surface area contributed by atoms with Crippen molar-refractivity contribution >= 4 is 0 Å². The Bertz CT molecular complexity index is 1380. The fourth-order valence-corrected chi connectivity index (χ4v) is 4.37. The van der Waals surface area contributed by atoms with Gasteiger partial charge in [-0.15, -0.1) is 0 Å². The van der Waals surface area contributed by atoms with Crippen LogP contribution in [0.15, 0.2) is 71.5 Å². The molecule has 0 saturated carbocycles. The van der Waals surface area contributed by atoms with Gasteiger partial charge >= 0.3 is 0 Å². The summed E-state index contributed by atoms with van der Waals surface area (Å²) < 4.78 is 19.4. The van der Waals surface area contributed by atoms with E-state index in [4.69, 9.17) is 19.1 Å². The van der Waals surface area contributed by atoms with Crippen LogP contribution in [0, 0.1) is 11.8 Å². The van der Waals surface area contributed by atoms with Gasteiger partial charge in [0.05, 0.1) is 13.2 Å². The molecule has 1 aliphatic rings. The predicted octanol–water partition coefficient (Wildman–Crippen LogP) is 4.62. The van der Waals surface area contributed by atoms with E-state index >= 15 is 0 Å². The molecule has 0 bridgehead atoms. The first-order valence-corrected chi connectivity index (χ1v) is 12.8. The number of imidazole rings is 1. The number of hydrogen-bond acceptors (Lipinski definition) is 7. The van der Waals surface area contributed by atoms with E-state index in [9.17, 15) is 5.11 Å². The minimum absolute atomic E-state index is 0.179. The Hall–Kier alpha value is -3.74. The first-order chi connectivity index (χ1) is 18.6. The van der Waals surface area contributed by atoms with Crippen LogP contribution < -0.4 is 0 Å². The smallest absolute Gasteiger partial charge is 0.167 e. The summed E-state index contributed by atoms with van der Waals surface area (Å²) in [6, 6.07) is 16.9. The van der Waals surface area contributed by atoms with Crippen molar-refractivity contribution in [3.8, 4) is 23.2 Å². The van der Waals surface area contributed by atoms with Crippen molar-refractivity contribution in [1.82, 2.24) is 14.7 Å². The van der Waals surface area contributed by atoms with E-state index in [1.807, 2.05) is 60.2 Å². The van der Waals surface area contributed by atoms with Crippen molar-refractivity contribution in [2.45, 2.75) is 51.2 Å². The number of hydrogen-bond donors (Lipinski definition) is 2. The molecule has 3 atom stereocenters. The number of nitrogens with zero attached hydrogens (tertiary/aromatic N) is 3. The first kappa shape index (κ1) is 25.9. The second kappa shape index (κ2) is 12.2. The van der Waals surface area contributed by atoms with Crippen molar-refractivity contribution in [3.05, 3.63) is 95.2 Å². The minimum Gasteiger partial charge on any atom is -0.393 e. The summed E-state index contributed by atoms with van der Waals surface area (Å²) in [7, 11) is 0. The van der Waals surface area contributed by atoms with Gasteiger partial charge in [-0.2, -0.15) is 0 Å². The second-order valence-electron chi connectivity index (χ2n) is 9.32. The lowest BCUT2D eigenvalue weighted by Gasteiger charge is -2.26. The summed E-state index contributed by atoms with van der Waals surface area (Å²) in [4.78, 5) is 4.50. The average molecular weight is 514 g/mol. The molecular weight excluding hydrogens is 482 g/mol. The number of benzene rings is 2. The third-order valence-corrected chi connectivity index (χ3v) is 6.49. The van der Waals surface area contributed by atoms with Crippen LogP contribution in [0.2, 0.25) is 0 Å². The van der Waals surface area contributed by atoms with Crippen LogP contribution >= 0.6 is 0 Å². The standard InChI is InChI=1S/C30H31N3O5/c1-21(37-29-4-2-3-17-36-29)30-31-15-16-33(30)19-26-18-28(38-32-26)25-13-9-23(10-14-25)6-5-22-7-11-24(12-8-22)27(35)20-34/h7-16,18,21,27,29,34-35H,2-4,17,19-20H2,1H3/t21-,27?,29?/m0/s1. The maximum atomic E-state index is 9.69. The molecule has 0 amide bonds. The molecule has 1 fully saturated rings. The summed E-state index contributed by atoms with van der Waals surface area (Å²) in [5.41, 5.74) is 4.06. The van der Waals surface area contributed by atoms with E-state index in [0.717, 1.165) is 54.1 Å². The Balaban J connectivity index is 1.21. The molecular formula is C30H31N3O5. The third kappa shape index (κ3) is 6.39. The van der Waals surface area contributed by atoms with Crippen molar-refractivity contribution < 1.29 is 24.2 Å². The normalized spacial score (nSPS) is 17.0. The van der Waals surface area contributed by atoms with Gasteiger partial charge in [0.1, 0.15) is 23.7 Å². The molecule has 2 aromatic carbocycles. The fourth-order valence-electron chi connectivity index (χ4n) is 4.37. The zero-order valence-corrected chi connectivity index (χ0v) is 21.3. The molecule has 8 heteroatoms. The van der Waals surface area contributed by atoms with Crippen LogP contribution in [0.3, 0.4) is 0 Å². The van der Waals surface area contributed by atoms with Crippen molar-refractivity contribution in [1.29, 1.82) is 0 Å². The Morgan fingerprint density at radius 2 is 1.82 bits per heavy atom. The molecule has 38 heavy (non-hydrogen) atoms. The van der Waals surface area contributed by atoms with Crippen molar-refractivity contribution in [2.75, 3.05) is 13.2 Å².